The van der Waals surface area contributed by atoms with E-state index in [1.165, 1.54) is 0 Å². The minimum Gasteiger partial charge on any atom is -0.363 e. The lowest BCUT2D eigenvalue weighted by Crippen LogP contribution is -2.75. The molecule has 0 aromatic heterocycles. The summed E-state index contributed by atoms with van der Waals surface area (Å²) in [6, 6.07) is 0. The maximum atomic E-state index is 13.7. The lowest BCUT2D eigenvalue weighted by atomic mass is 9.91. The minimum atomic E-state index is -8.92. The van der Waals surface area contributed by atoms with E-state index in [0.29, 0.717) is 0 Å². The Labute approximate surface area is 163 Å². The molecule has 32 heavy (non-hydrogen) atoms. The third kappa shape index (κ3) is 3.61. The van der Waals surface area contributed by atoms with E-state index in [0.717, 1.165) is 0 Å². The van der Waals surface area contributed by atoms with E-state index < -0.39 is 62.0 Å². The van der Waals surface area contributed by atoms with Crippen LogP contribution in [-0.2, 0) is 9.13 Å². The molecule has 0 radical (unpaired) electrons. The number of aliphatic hydroxyl groups is 1. The van der Waals surface area contributed by atoms with E-state index in [4.69, 9.17) is 24.7 Å². The van der Waals surface area contributed by atoms with Gasteiger partial charge >= 0.3 is 62.0 Å². The molecule has 0 atom stereocenters. The first kappa shape index (κ1) is 31.2. The summed E-state index contributed by atoms with van der Waals surface area (Å²) in [5, 5.41) is 1.72. The summed E-state index contributed by atoms with van der Waals surface area (Å²) in [6.45, 7) is 0. The number of alkyl halides is 15. The molecule has 0 bridgehead atoms. The number of hydrogen-bond donors (Lipinski definition) is 5. The number of rotatable bonds is 8. The van der Waals surface area contributed by atoms with Crippen molar-refractivity contribution in [3.05, 3.63) is 0 Å². The van der Waals surface area contributed by atoms with Crippen LogP contribution in [0.2, 0.25) is 0 Å². The Morgan fingerprint density at radius 3 is 0.781 bits per heavy atom. The average Bonchev–Trinajstić information content (AvgIpc) is 2.49. The van der Waals surface area contributed by atoms with Gasteiger partial charge in [0.1, 0.15) is 0 Å². The van der Waals surface area contributed by atoms with Gasteiger partial charge in [0.05, 0.1) is 0 Å². The number of halogens is 15. The Bertz CT molecular complexity index is 802. The summed E-state index contributed by atoms with van der Waals surface area (Å²) in [5.41, 5.74) is 0. The van der Waals surface area contributed by atoms with Gasteiger partial charge in [-0.1, -0.05) is 0 Å². The summed E-state index contributed by atoms with van der Waals surface area (Å²) < 4.78 is 216. The van der Waals surface area contributed by atoms with Gasteiger partial charge in [-0.15, -0.1) is 0 Å². The normalized spacial score (nSPS) is 17.0. The Morgan fingerprint density at radius 1 is 0.406 bits per heavy atom. The molecular formula is C8H5F15O7P2. The van der Waals surface area contributed by atoms with Crippen LogP contribution in [-0.4, -0.2) is 71.5 Å². The first-order valence-corrected chi connectivity index (χ1v) is 9.65. The Morgan fingerprint density at radius 2 is 0.594 bits per heavy atom. The standard InChI is InChI=1S/C8H5F15O7P2/c9-1(10,3(13,14)5(17,18)7(21,22)23)2(11,12)4(15,16)6(19,20)8(24,31(25,26)27)32(28,29)30/h24H,(H2,25,26,27)(H2,28,29,30). The Balaban J connectivity index is 7.26. The van der Waals surface area contributed by atoms with Gasteiger partial charge in [0.2, 0.25) is 0 Å². The summed E-state index contributed by atoms with van der Waals surface area (Å²) in [4.78, 5) is 33.4. The largest absolute Gasteiger partial charge is 0.460 e. The van der Waals surface area contributed by atoms with Crippen molar-refractivity contribution in [1.82, 2.24) is 0 Å². The molecule has 194 valence electrons. The van der Waals surface area contributed by atoms with Crippen molar-refractivity contribution in [3.63, 3.8) is 0 Å². The SMILES string of the molecule is O=P(O)(O)C(O)(C(F)(F)C(F)(F)C(F)(F)C(F)(F)C(F)(F)C(F)(F)C(F)(F)F)P(=O)(O)O. The second-order valence-corrected chi connectivity index (χ2v) is 9.49. The van der Waals surface area contributed by atoms with Gasteiger partial charge in [-0.25, -0.2) is 0 Å². The van der Waals surface area contributed by atoms with Gasteiger partial charge in [0.25, 0.3) is 0 Å². The predicted octanol–water partition coefficient (Wildman–Crippen LogP) is 3.36. The first-order valence-electron chi connectivity index (χ1n) is 6.42. The maximum absolute atomic E-state index is 13.7. The van der Waals surface area contributed by atoms with Gasteiger partial charge in [0, 0.05) is 0 Å². The topological polar surface area (TPSA) is 135 Å². The van der Waals surface area contributed by atoms with Crippen LogP contribution in [0.5, 0.6) is 0 Å². The third-order valence-corrected chi connectivity index (χ3v) is 7.31. The quantitative estimate of drug-likeness (QED) is 0.227. The van der Waals surface area contributed by atoms with Crippen molar-refractivity contribution in [2.75, 3.05) is 0 Å². The predicted molar refractivity (Wildman–Crippen MR) is 64.8 cm³/mol. The monoisotopic (exact) mass is 560 g/mol. The average molecular weight is 560 g/mol. The zero-order valence-electron chi connectivity index (χ0n) is 13.6. The Hall–Kier alpha value is -0.790. The van der Waals surface area contributed by atoms with Crippen LogP contribution in [0, 0.1) is 0 Å². The lowest BCUT2D eigenvalue weighted by molar-refractivity contribution is -0.455. The van der Waals surface area contributed by atoms with Gasteiger partial charge < -0.3 is 24.7 Å². The van der Waals surface area contributed by atoms with Crippen LogP contribution in [0.15, 0.2) is 0 Å². The van der Waals surface area contributed by atoms with Crippen LogP contribution in [0.3, 0.4) is 0 Å². The molecule has 24 heteroatoms. The van der Waals surface area contributed by atoms with Crippen LogP contribution in [0.4, 0.5) is 65.9 Å². The van der Waals surface area contributed by atoms with Crippen molar-refractivity contribution in [3.8, 4) is 0 Å². The summed E-state index contributed by atoms with van der Waals surface area (Å²) in [5.74, 6) is -51.9. The highest BCUT2D eigenvalue weighted by Gasteiger charge is 2.97. The minimum absolute atomic E-state index is 7.10. The van der Waals surface area contributed by atoms with Gasteiger partial charge in [-0.3, -0.25) is 9.13 Å². The zero-order chi connectivity index (χ0) is 27.0. The molecule has 0 rings (SSSR count). The molecule has 0 spiro atoms. The van der Waals surface area contributed by atoms with E-state index in [1.54, 1.807) is 0 Å². The van der Waals surface area contributed by atoms with Crippen molar-refractivity contribution in [1.29, 1.82) is 0 Å². The fourth-order valence-corrected chi connectivity index (χ4v) is 4.08. The van der Waals surface area contributed by atoms with Gasteiger partial charge in [-0.2, -0.15) is 65.9 Å². The van der Waals surface area contributed by atoms with Gasteiger partial charge in [0.15, 0.2) is 0 Å². The highest BCUT2D eigenvalue weighted by Crippen LogP contribution is 2.76. The smallest absolute Gasteiger partial charge is 0.363 e. The first-order chi connectivity index (χ1) is 13.2. The van der Waals surface area contributed by atoms with Crippen molar-refractivity contribution < 1.29 is 99.7 Å². The fourth-order valence-electron chi connectivity index (χ4n) is 1.71. The summed E-state index contributed by atoms with van der Waals surface area (Å²) >= 11 is 0. The molecule has 0 aliphatic rings. The molecule has 5 N–H and O–H groups in total. The molecule has 0 aromatic rings. The van der Waals surface area contributed by atoms with E-state index >= 15 is 0 Å². The molecule has 7 nitrogen and oxygen atoms in total. The molecule has 0 fully saturated rings. The Kier molecular flexibility index (Phi) is 7.17. The van der Waals surface area contributed by atoms with Crippen LogP contribution >= 0.6 is 15.2 Å². The molecule has 0 unspecified atom stereocenters. The molecule has 0 aromatic carbocycles. The van der Waals surface area contributed by atoms with Crippen molar-refractivity contribution >= 4 is 15.2 Å². The lowest BCUT2D eigenvalue weighted by Gasteiger charge is -2.45. The van der Waals surface area contributed by atoms with Crippen molar-refractivity contribution in [2.24, 2.45) is 0 Å². The highest BCUT2D eigenvalue weighted by molar-refractivity contribution is 7.72. The molecule has 0 amide bonds. The van der Waals surface area contributed by atoms with Gasteiger partial charge in [-0.05, 0) is 0 Å². The third-order valence-electron chi connectivity index (χ3n) is 3.56. The van der Waals surface area contributed by atoms with Crippen LogP contribution in [0.1, 0.15) is 0 Å². The highest BCUT2D eigenvalue weighted by atomic mass is 31.2. The second kappa shape index (κ2) is 7.35. The second-order valence-electron chi connectivity index (χ2n) is 5.67. The molecule has 0 heterocycles. The van der Waals surface area contributed by atoms with Crippen LogP contribution in [0.25, 0.3) is 0 Å². The summed E-state index contributed by atoms with van der Waals surface area (Å²) in [6.07, 6.45) is -7.91. The molecule has 0 aliphatic carbocycles. The number of hydrogen-bond acceptors (Lipinski definition) is 3. The van der Waals surface area contributed by atoms with Crippen molar-refractivity contribution in [2.45, 2.75) is 46.8 Å². The molecule has 0 saturated carbocycles. The molecular weight excluding hydrogens is 555 g/mol. The zero-order valence-corrected chi connectivity index (χ0v) is 15.4. The van der Waals surface area contributed by atoms with E-state index in [9.17, 15) is 75.0 Å². The van der Waals surface area contributed by atoms with E-state index in [1.807, 2.05) is 0 Å². The van der Waals surface area contributed by atoms with E-state index in [-0.39, 0.29) is 0 Å². The van der Waals surface area contributed by atoms with E-state index in [2.05, 4.69) is 0 Å². The maximum Gasteiger partial charge on any atom is 0.460 e. The molecule has 0 aliphatic heterocycles. The molecule has 0 saturated heterocycles. The summed E-state index contributed by atoms with van der Waals surface area (Å²) in [7, 11) is -16.0. The van der Waals surface area contributed by atoms with Crippen LogP contribution < -0.4 is 0 Å². The fraction of sp³-hybridized carbons (Fsp3) is 1.00.